The Morgan fingerprint density at radius 3 is 0.980 bits per heavy atom. The topological polar surface area (TPSA) is 279 Å². The van der Waals surface area contributed by atoms with Gasteiger partial charge in [-0.25, -0.2) is 22.4 Å². The molecule has 147 heavy (non-hydrogen) atoms. The monoisotopic (exact) mass is 2000 g/mol. The summed E-state index contributed by atoms with van der Waals surface area (Å²) >= 11 is 0. The third-order valence-corrected chi connectivity index (χ3v) is 28.6. The number of phenolic OH excluding ortho intramolecular Hbond substituents is 2. The average Bonchev–Trinajstić information content (AvgIpc) is 1.70. The molecule has 0 bridgehead atoms. The van der Waals surface area contributed by atoms with Crippen LogP contribution in [0.3, 0.4) is 0 Å². The normalized spacial score (nSPS) is 19.5. The highest BCUT2D eigenvalue weighted by Gasteiger charge is 2.41. The molecular formula is C118H118F4N6O19. The summed E-state index contributed by atoms with van der Waals surface area (Å²) < 4.78 is 109. The number of phenols is 2. The molecule has 3 saturated heterocycles. The molecule has 0 radical (unpaired) electrons. The van der Waals surface area contributed by atoms with Crippen molar-refractivity contribution in [2.75, 3.05) is 164 Å². The lowest BCUT2D eigenvalue weighted by atomic mass is 9.83. The van der Waals surface area contributed by atoms with Gasteiger partial charge in [0.15, 0.2) is 104 Å². The fourth-order valence-electron chi connectivity index (χ4n) is 20.6. The third-order valence-electron chi connectivity index (χ3n) is 28.6. The van der Waals surface area contributed by atoms with E-state index in [1.54, 1.807) is 115 Å². The summed E-state index contributed by atoms with van der Waals surface area (Å²) in [5.74, 6) is 5.70. The van der Waals surface area contributed by atoms with E-state index in [1.807, 2.05) is 72.8 Å². The van der Waals surface area contributed by atoms with Gasteiger partial charge in [-0.2, -0.15) is 0 Å². The summed E-state index contributed by atoms with van der Waals surface area (Å²) in [5.41, 5.74) is 9.29. The van der Waals surface area contributed by atoms with Crippen LogP contribution >= 0.6 is 0 Å². The van der Waals surface area contributed by atoms with Gasteiger partial charge in [0.05, 0.1) is 6.57 Å². The van der Waals surface area contributed by atoms with E-state index in [9.17, 15) is 62.0 Å². The van der Waals surface area contributed by atoms with Crippen molar-refractivity contribution >= 4 is 34.6 Å². The molecule has 10 aliphatic heterocycles. The SMILES string of the molecule is O=C(CCN1CCC(c2ccc(F)c(O)c2)C1)c1ccc2c(c1)OCCO2.O=C(CCN1CCC(c2ccc(F)cc2O)C1)c1ccc2c(c1)OCCO2.O=C(CCN1CCc2ccccc2C(O)(c2ccc(F)cc2)C1)c1ccc2c(c1)OCCO2.O=C(CCN1CCc2ccccc2C(O)(c2ccc(F)cc2)C1)c1ccc2c(c1)OCCO2.[C-]#[N+]c1ccc(C2CCN(CCC(=O)c3ccc4c(c3)OCCO4)C2)cc1. The first-order chi connectivity index (χ1) is 71.5. The quantitative estimate of drug-likeness (QED) is 0.0235. The number of hydrogen-bond acceptors (Lipinski definition) is 24. The average molecular weight is 2000 g/mol. The number of rotatable bonds is 25. The molecule has 0 aromatic heterocycles. The number of carbonyl (C=O) groups excluding carboxylic acids is 5. The molecule has 10 aliphatic rings. The number of aliphatic hydroxyl groups is 2. The molecule has 22 rings (SSSR count). The summed E-state index contributed by atoms with van der Waals surface area (Å²) in [6.45, 7) is 22.6. The number of halogens is 4. The van der Waals surface area contributed by atoms with Crippen LogP contribution in [0.4, 0.5) is 23.2 Å². The van der Waals surface area contributed by atoms with E-state index in [4.69, 9.17) is 53.9 Å². The molecule has 29 heteroatoms. The predicted molar refractivity (Wildman–Crippen MR) is 544 cm³/mol. The third kappa shape index (κ3) is 25.6. The van der Waals surface area contributed by atoms with Crippen LogP contribution in [0.1, 0.15) is 171 Å². The lowest BCUT2D eigenvalue weighted by Gasteiger charge is -2.33. The molecule has 0 aliphatic carbocycles. The zero-order chi connectivity index (χ0) is 102. The summed E-state index contributed by atoms with van der Waals surface area (Å²) in [5, 5.41) is 43.3. The molecule has 10 heterocycles. The smallest absolute Gasteiger partial charge is 0.187 e. The van der Waals surface area contributed by atoms with Crippen molar-refractivity contribution in [3.63, 3.8) is 0 Å². The molecule has 25 nitrogen and oxygen atoms in total. The number of ketones is 5. The number of carbonyl (C=O) groups is 5. The molecule has 12 aromatic carbocycles. The second kappa shape index (κ2) is 47.8. The minimum Gasteiger partial charge on any atom is -0.508 e. The van der Waals surface area contributed by atoms with Crippen molar-refractivity contribution in [1.29, 1.82) is 0 Å². The van der Waals surface area contributed by atoms with Gasteiger partial charge >= 0.3 is 0 Å². The van der Waals surface area contributed by atoms with Crippen LogP contribution in [-0.4, -0.2) is 238 Å². The van der Waals surface area contributed by atoms with Crippen molar-refractivity contribution in [1.82, 2.24) is 24.5 Å². The molecule has 762 valence electrons. The number of likely N-dealkylation sites (tertiary alicyclic amines) is 3. The van der Waals surface area contributed by atoms with E-state index in [-0.39, 0.29) is 63.9 Å². The number of hydrogen-bond donors (Lipinski definition) is 4. The van der Waals surface area contributed by atoms with Gasteiger partial charge in [0, 0.05) is 150 Å². The molecule has 4 N–H and O–H groups in total. The largest absolute Gasteiger partial charge is 0.508 e. The molecule has 5 atom stereocenters. The molecular weight excluding hydrogens is 1880 g/mol. The number of β-amino-alcohol motifs (C(OH)–C–C–N with tert-alkyl or cyclic N) is 2. The highest BCUT2D eigenvalue weighted by atomic mass is 19.1. The van der Waals surface area contributed by atoms with Gasteiger partial charge in [0.25, 0.3) is 0 Å². The van der Waals surface area contributed by atoms with E-state index < -0.39 is 22.8 Å². The lowest BCUT2D eigenvalue weighted by molar-refractivity contribution is 0.0399. The minimum atomic E-state index is -1.29. The molecule has 5 unspecified atom stereocenters. The Morgan fingerprint density at radius 2 is 0.633 bits per heavy atom. The first-order valence-electron chi connectivity index (χ1n) is 50.3. The lowest BCUT2D eigenvalue weighted by Crippen LogP contribution is -2.41. The van der Waals surface area contributed by atoms with Crippen molar-refractivity contribution in [3.05, 3.63) is 361 Å². The highest BCUT2D eigenvalue weighted by Crippen LogP contribution is 2.44. The number of aromatic hydroxyl groups is 2. The van der Waals surface area contributed by atoms with Crippen LogP contribution in [0, 0.1) is 29.8 Å². The number of Topliss-reactive ketones (excluding diaryl/α,β-unsaturated/α-hetero) is 5. The summed E-state index contributed by atoms with van der Waals surface area (Å²) in [4.78, 5) is 77.9. The van der Waals surface area contributed by atoms with Gasteiger partial charge in [-0.05, 0) is 247 Å². The van der Waals surface area contributed by atoms with Gasteiger partial charge in [-0.3, -0.25) is 33.8 Å². The fourth-order valence-corrected chi connectivity index (χ4v) is 20.6. The number of nitrogens with zero attached hydrogens (tertiary/aromatic N) is 6. The molecule has 12 aromatic rings. The van der Waals surface area contributed by atoms with Gasteiger partial charge in [0.1, 0.15) is 100 Å². The Morgan fingerprint density at radius 1 is 0.320 bits per heavy atom. The number of benzene rings is 12. The van der Waals surface area contributed by atoms with Gasteiger partial charge in [0.2, 0.25) is 0 Å². The van der Waals surface area contributed by atoms with Gasteiger partial charge in [-0.15, -0.1) is 0 Å². The van der Waals surface area contributed by atoms with E-state index in [0.29, 0.717) is 245 Å². The Bertz CT molecular complexity index is 6570. The Kier molecular flexibility index (Phi) is 33.3. The highest BCUT2D eigenvalue weighted by molar-refractivity contribution is 5.99. The van der Waals surface area contributed by atoms with Crippen LogP contribution in [0.15, 0.2) is 249 Å². The number of fused-ring (bicyclic) bond motifs is 7. The van der Waals surface area contributed by atoms with Crippen molar-refractivity contribution in [3.8, 4) is 69.0 Å². The van der Waals surface area contributed by atoms with E-state index in [1.165, 1.54) is 48.0 Å². The molecule has 3 fully saturated rings. The van der Waals surface area contributed by atoms with Crippen molar-refractivity contribution < 1.29 is 109 Å². The van der Waals surface area contributed by atoms with Crippen molar-refractivity contribution in [2.24, 2.45) is 0 Å². The Balaban J connectivity index is 0.000000121. The maximum atomic E-state index is 13.6. The van der Waals surface area contributed by atoms with Crippen LogP contribution in [0.25, 0.3) is 4.85 Å². The fraction of sp³-hybridized carbons (Fsp3) is 0.339. The summed E-state index contributed by atoms with van der Waals surface area (Å²) in [7, 11) is 0. The first kappa shape index (κ1) is 103. The predicted octanol–water partition coefficient (Wildman–Crippen LogP) is 18.7. The molecule has 0 amide bonds. The van der Waals surface area contributed by atoms with Crippen molar-refractivity contribution in [2.45, 2.75) is 93.2 Å². The van der Waals surface area contributed by atoms with E-state index in [0.717, 1.165) is 130 Å². The number of ether oxygens (including phenoxy) is 10. The first-order valence-corrected chi connectivity index (χ1v) is 50.3. The second-order valence-corrected chi connectivity index (χ2v) is 38.2. The maximum Gasteiger partial charge on any atom is 0.187 e. The summed E-state index contributed by atoms with van der Waals surface area (Å²) in [6.07, 6.45) is 6.42. The van der Waals surface area contributed by atoms with Crippen LogP contribution in [0.2, 0.25) is 0 Å². The Labute approximate surface area is 851 Å². The van der Waals surface area contributed by atoms with Crippen LogP contribution in [0.5, 0.6) is 69.0 Å². The second-order valence-electron chi connectivity index (χ2n) is 38.2. The van der Waals surface area contributed by atoms with E-state index >= 15 is 0 Å². The minimum absolute atomic E-state index is 0.00852. The van der Waals surface area contributed by atoms with Crippen LogP contribution < -0.4 is 47.4 Å². The molecule has 0 spiro atoms. The van der Waals surface area contributed by atoms with Crippen LogP contribution in [-0.2, 0) is 24.0 Å². The zero-order valence-corrected chi connectivity index (χ0v) is 81.8. The summed E-state index contributed by atoms with van der Waals surface area (Å²) in [6, 6.07) is 70.9. The zero-order valence-electron chi connectivity index (χ0n) is 81.8. The molecule has 0 saturated carbocycles. The maximum absolute atomic E-state index is 13.6. The standard InChI is InChI=1S/2C27H26FNO4.C22H22N2O3.2C21H22FNO4/c2*28-22-8-6-21(7-9-22)27(31)18-29(13-11-19-3-1-2-4-23(19)27)14-12-24(30)20-5-10-25-26(17-20)33-16-15-32-25;1-23-19-5-2-16(3-6-19)18-8-10-24(15-18)11-9-20(25)17-4-7-21-22(14-17)27-13-12-26-21;22-16-2-3-17(19(25)12-16)15-5-7-23(13-15)8-6-18(24)14-1-4-20-21(11-14)27-10-9-26-20;22-17-3-1-14(11-19(17)25)16-5-7-23(13-16)8-6-18(24)15-2-4-20-21(12-15)27-10-9-26-20/h2*1-10,17,31H,11-16,18H2;2-7,14,18H,8-13,15H2;1-4,11-12,15,25H,5-10,13H2;1-4,11-12,16,25H,5-10,13H2. The Hall–Kier alpha value is -14.5. The van der Waals surface area contributed by atoms with Gasteiger partial charge in [-0.1, -0.05) is 109 Å². The van der Waals surface area contributed by atoms with E-state index in [2.05, 4.69) is 41.5 Å². The van der Waals surface area contributed by atoms with Gasteiger partial charge < -0.3 is 82.5 Å².